The molecule has 0 aliphatic heterocycles. The summed E-state index contributed by atoms with van der Waals surface area (Å²) in [5.74, 6) is -2.39. The summed E-state index contributed by atoms with van der Waals surface area (Å²) in [6, 6.07) is 4.60. The summed E-state index contributed by atoms with van der Waals surface area (Å²) >= 11 is 0. The molecule has 0 saturated heterocycles. The van der Waals surface area contributed by atoms with Crippen molar-refractivity contribution in [2.75, 3.05) is 6.61 Å². The van der Waals surface area contributed by atoms with Gasteiger partial charge in [0.05, 0.1) is 17.1 Å². The zero-order valence-electron chi connectivity index (χ0n) is 12.8. The van der Waals surface area contributed by atoms with Gasteiger partial charge >= 0.3 is 11.9 Å². The van der Waals surface area contributed by atoms with Crippen LogP contribution in [0.3, 0.4) is 0 Å². The maximum Gasteiger partial charge on any atom is 0.320 e. The Balaban J connectivity index is 2.83. The van der Waals surface area contributed by atoms with Gasteiger partial charge in [0.1, 0.15) is 6.61 Å². The van der Waals surface area contributed by atoms with Crippen molar-refractivity contribution in [1.29, 1.82) is 0 Å². The standard InChI is InChI=1S/C15H19NO6/c1-4-11(14(17)21-5-2)15(18)22-9-12-10(3)7-6-8-13(12)16(19)20/h6-8,11H,4-5,9H2,1-3H3. The zero-order valence-corrected chi connectivity index (χ0v) is 12.8. The molecule has 1 aromatic rings. The first kappa shape index (κ1) is 17.6. The minimum atomic E-state index is -1.01. The second-order valence-electron chi connectivity index (χ2n) is 4.65. The number of hydrogen-bond acceptors (Lipinski definition) is 6. The lowest BCUT2D eigenvalue weighted by Crippen LogP contribution is -2.27. The Kier molecular flexibility index (Phi) is 6.49. The number of nitrogens with zero attached hydrogens (tertiary/aromatic N) is 1. The van der Waals surface area contributed by atoms with E-state index in [1.165, 1.54) is 6.07 Å². The molecule has 0 fully saturated rings. The van der Waals surface area contributed by atoms with Crippen molar-refractivity contribution in [2.24, 2.45) is 5.92 Å². The fraction of sp³-hybridized carbons (Fsp3) is 0.467. The summed E-state index contributed by atoms with van der Waals surface area (Å²) in [6.45, 7) is 4.92. The van der Waals surface area contributed by atoms with Crippen LogP contribution in [-0.2, 0) is 25.7 Å². The first-order chi connectivity index (χ1) is 10.4. The molecule has 0 saturated carbocycles. The molecule has 0 aliphatic carbocycles. The van der Waals surface area contributed by atoms with Gasteiger partial charge in [-0.15, -0.1) is 0 Å². The highest BCUT2D eigenvalue weighted by atomic mass is 16.6. The fourth-order valence-corrected chi connectivity index (χ4v) is 1.96. The van der Waals surface area contributed by atoms with Gasteiger partial charge in [0, 0.05) is 6.07 Å². The van der Waals surface area contributed by atoms with Crippen molar-refractivity contribution in [2.45, 2.75) is 33.8 Å². The summed E-state index contributed by atoms with van der Waals surface area (Å²) in [4.78, 5) is 34.1. The molecular weight excluding hydrogens is 290 g/mol. The average molecular weight is 309 g/mol. The van der Waals surface area contributed by atoms with E-state index >= 15 is 0 Å². The second kappa shape index (κ2) is 8.11. The van der Waals surface area contributed by atoms with Gasteiger partial charge in [-0.25, -0.2) is 0 Å². The number of nitro groups is 1. The number of esters is 2. The third kappa shape index (κ3) is 4.28. The first-order valence-electron chi connectivity index (χ1n) is 6.98. The molecule has 7 nitrogen and oxygen atoms in total. The normalized spacial score (nSPS) is 11.6. The van der Waals surface area contributed by atoms with Gasteiger partial charge in [-0.05, 0) is 25.8 Å². The molecule has 7 heteroatoms. The lowest BCUT2D eigenvalue weighted by Gasteiger charge is -2.13. The Bertz CT molecular complexity index is 569. The lowest BCUT2D eigenvalue weighted by atomic mass is 10.1. The fourth-order valence-electron chi connectivity index (χ4n) is 1.96. The predicted molar refractivity (Wildman–Crippen MR) is 78.0 cm³/mol. The van der Waals surface area contributed by atoms with Crippen molar-refractivity contribution in [1.82, 2.24) is 0 Å². The van der Waals surface area contributed by atoms with Gasteiger partial charge in [-0.2, -0.15) is 0 Å². The van der Waals surface area contributed by atoms with Crippen LogP contribution in [0, 0.1) is 23.0 Å². The summed E-state index contributed by atoms with van der Waals surface area (Å²) < 4.78 is 9.88. The Morgan fingerprint density at radius 2 is 1.86 bits per heavy atom. The first-order valence-corrected chi connectivity index (χ1v) is 6.98. The van der Waals surface area contributed by atoms with Crippen LogP contribution >= 0.6 is 0 Å². The highest BCUT2D eigenvalue weighted by Crippen LogP contribution is 2.23. The number of benzene rings is 1. The van der Waals surface area contributed by atoms with E-state index in [-0.39, 0.29) is 25.3 Å². The molecule has 0 aliphatic rings. The Labute approximate surface area is 128 Å². The molecule has 0 amide bonds. The second-order valence-corrected chi connectivity index (χ2v) is 4.65. The molecule has 1 aromatic carbocycles. The molecule has 0 spiro atoms. The van der Waals surface area contributed by atoms with Gasteiger partial charge in [0.25, 0.3) is 5.69 Å². The zero-order chi connectivity index (χ0) is 16.7. The van der Waals surface area contributed by atoms with Crippen molar-refractivity contribution < 1.29 is 24.0 Å². The largest absolute Gasteiger partial charge is 0.465 e. The van der Waals surface area contributed by atoms with Gasteiger partial charge < -0.3 is 9.47 Å². The molecule has 0 bridgehead atoms. The lowest BCUT2D eigenvalue weighted by molar-refractivity contribution is -0.385. The van der Waals surface area contributed by atoms with E-state index in [4.69, 9.17) is 9.47 Å². The monoisotopic (exact) mass is 309 g/mol. The van der Waals surface area contributed by atoms with Gasteiger partial charge in [0.15, 0.2) is 5.92 Å². The Morgan fingerprint density at radius 3 is 2.41 bits per heavy atom. The number of hydrogen-bond donors (Lipinski definition) is 0. The number of carbonyl (C=O) groups is 2. The molecule has 0 heterocycles. The summed E-state index contributed by atoms with van der Waals surface area (Å²) in [5.41, 5.74) is 0.850. The summed E-state index contributed by atoms with van der Waals surface area (Å²) in [5, 5.41) is 11.0. The number of ether oxygens (including phenoxy) is 2. The number of rotatable bonds is 7. The van der Waals surface area contributed by atoms with Crippen molar-refractivity contribution in [3.05, 3.63) is 39.4 Å². The third-order valence-electron chi connectivity index (χ3n) is 3.20. The molecular formula is C15H19NO6. The summed E-state index contributed by atoms with van der Waals surface area (Å²) in [6.07, 6.45) is 0.244. The quantitative estimate of drug-likeness (QED) is 0.332. The summed E-state index contributed by atoms with van der Waals surface area (Å²) in [7, 11) is 0. The number of carbonyl (C=O) groups excluding carboxylic acids is 2. The topological polar surface area (TPSA) is 95.7 Å². The van der Waals surface area contributed by atoms with E-state index < -0.39 is 22.8 Å². The highest BCUT2D eigenvalue weighted by Gasteiger charge is 2.28. The van der Waals surface area contributed by atoms with Crippen molar-refractivity contribution in [3.63, 3.8) is 0 Å². The van der Waals surface area contributed by atoms with Crippen molar-refractivity contribution in [3.8, 4) is 0 Å². The molecule has 0 radical (unpaired) electrons. The van der Waals surface area contributed by atoms with Crippen molar-refractivity contribution >= 4 is 17.6 Å². The number of nitro benzene ring substituents is 1. The molecule has 0 aromatic heterocycles. The van der Waals surface area contributed by atoms with E-state index in [2.05, 4.69) is 0 Å². The molecule has 1 atom stereocenters. The van der Waals surface area contributed by atoms with Crippen LogP contribution in [0.1, 0.15) is 31.4 Å². The highest BCUT2D eigenvalue weighted by molar-refractivity contribution is 5.94. The van der Waals surface area contributed by atoms with E-state index in [0.29, 0.717) is 11.1 Å². The molecule has 1 rings (SSSR count). The van der Waals surface area contributed by atoms with Gasteiger partial charge in [0.2, 0.25) is 0 Å². The smallest absolute Gasteiger partial charge is 0.320 e. The Hall–Kier alpha value is -2.44. The van der Waals surface area contributed by atoms with Crippen LogP contribution in [0.2, 0.25) is 0 Å². The van der Waals surface area contributed by atoms with Crippen LogP contribution in [0.4, 0.5) is 5.69 Å². The average Bonchev–Trinajstić information content (AvgIpc) is 2.46. The van der Waals surface area contributed by atoms with E-state index in [1.54, 1.807) is 32.9 Å². The van der Waals surface area contributed by atoms with Crippen LogP contribution in [0.15, 0.2) is 18.2 Å². The van der Waals surface area contributed by atoms with Gasteiger partial charge in [-0.3, -0.25) is 19.7 Å². The maximum absolute atomic E-state index is 12.0. The van der Waals surface area contributed by atoms with Crippen LogP contribution in [0.5, 0.6) is 0 Å². The molecule has 22 heavy (non-hydrogen) atoms. The van der Waals surface area contributed by atoms with Crippen LogP contribution < -0.4 is 0 Å². The Morgan fingerprint density at radius 1 is 1.23 bits per heavy atom. The minimum absolute atomic E-state index is 0.114. The minimum Gasteiger partial charge on any atom is -0.465 e. The maximum atomic E-state index is 12.0. The van der Waals surface area contributed by atoms with Crippen LogP contribution in [0.25, 0.3) is 0 Å². The van der Waals surface area contributed by atoms with E-state index in [1.807, 2.05) is 0 Å². The molecule has 1 unspecified atom stereocenters. The van der Waals surface area contributed by atoms with E-state index in [0.717, 1.165) is 0 Å². The predicted octanol–water partition coefficient (Wildman–Crippen LogP) is 2.54. The number of aryl methyl sites for hydroxylation is 1. The molecule has 120 valence electrons. The van der Waals surface area contributed by atoms with Gasteiger partial charge in [-0.1, -0.05) is 19.1 Å². The van der Waals surface area contributed by atoms with E-state index in [9.17, 15) is 19.7 Å². The molecule has 0 N–H and O–H groups in total. The third-order valence-corrected chi connectivity index (χ3v) is 3.20. The SMILES string of the molecule is CCOC(=O)C(CC)C(=O)OCc1c(C)cccc1[N+](=O)[O-]. The van der Waals surface area contributed by atoms with Crippen LogP contribution in [-0.4, -0.2) is 23.5 Å².